The van der Waals surface area contributed by atoms with E-state index in [2.05, 4.69) is 5.32 Å². The molecule has 1 N–H and O–H groups in total. The first-order valence-corrected chi connectivity index (χ1v) is 8.44. The monoisotopic (exact) mass is 299 g/mol. The number of ether oxygens (including phenoxy) is 1. The van der Waals surface area contributed by atoms with Gasteiger partial charge in [0.25, 0.3) is 0 Å². The van der Waals surface area contributed by atoms with Crippen LogP contribution in [0.3, 0.4) is 0 Å². The van der Waals surface area contributed by atoms with Gasteiger partial charge in [-0.05, 0) is 31.9 Å². The smallest absolute Gasteiger partial charge is 0.328 e. The Morgan fingerprint density at radius 2 is 1.85 bits per heavy atom. The third kappa shape index (κ3) is 5.21. The zero-order valence-corrected chi connectivity index (χ0v) is 13.1. The molecule has 0 saturated heterocycles. The Morgan fingerprint density at radius 1 is 1.30 bits per heavy atom. The lowest BCUT2D eigenvalue weighted by Crippen LogP contribution is -2.30. The molecule has 1 rings (SSSR count). The molecule has 0 aliphatic rings. The van der Waals surface area contributed by atoms with Crippen LogP contribution in [0, 0.1) is 13.8 Å². The van der Waals surface area contributed by atoms with Crippen molar-refractivity contribution in [1.29, 1.82) is 0 Å². The highest BCUT2D eigenvalue weighted by molar-refractivity contribution is 7.90. The molecule has 0 amide bonds. The minimum Gasteiger partial charge on any atom is -0.463 e. The Labute approximate surface area is 120 Å². The van der Waals surface area contributed by atoms with E-state index in [1.54, 1.807) is 6.92 Å². The lowest BCUT2D eigenvalue weighted by Gasteiger charge is -2.18. The van der Waals surface area contributed by atoms with E-state index in [0.29, 0.717) is 0 Å². The molecular weight excluding hydrogens is 278 g/mol. The largest absolute Gasteiger partial charge is 0.463 e. The number of aryl methyl sites for hydroxylation is 2. The van der Waals surface area contributed by atoms with Gasteiger partial charge in [0.1, 0.15) is 12.6 Å². The normalized spacial score (nSPS) is 12.8. The second kappa shape index (κ2) is 6.74. The summed E-state index contributed by atoms with van der Waals surface area (Å²) in [6.07, 6.45) is 1.11. The van der Waals surface area contributed by atoms with E-state index in [1.807, 2.05) is 32.0 Å². The van der Waals surface area contributed by atoms with E-state index in [4.69, 9.17) is 4.74 Å². The van der Waals surface area contributed by atoms with Gasteiger partial charge in [0.15, 0.2) is 9.84 Å². The number of carbonyl (C=O) groups is 1. The molecule has 0 radical (unpaired) electrons. The SMILES string of the molecule is Cc1cccc(C)c1NC(C)C(=O)OCCS(C)(=O)=O. The second-order valence-corrected chi connectivity index (χ2v) is 7.19. The van der Waals surface area contributed by atoms with E-state index in [1.165, 1.54) is 0 Å². The molecular formula is C14H21NO4S. The van der Waals surface area contributed by atoms with Gasteiger partial charge in [-0.2, -0.15) is 0 Å². The molecule has 0 aromatic heterocycles. The minimum atomic E-state index is -3.12. The highest BCUT2D eigenvalue weighted by atomic mass is 32.2. The van der Waals surface area contributed by atoms with Gasteiger partial charge in [0.05, 0.1) is 5.75 Å². The molecule has 0 bridgehead atoms. The Balaban J connectivity index is 2.58. The molecule has 0 aliphatic heterocycles. The zero-order valence-electron chi connectivity index (χ0n) is 12.3. The molecule has 5 nitrogen and oxygen atoms in total. The molecule has 1 aromatic carbocycles. The van der Waals surface area contributed by atoms with Crippen molar-refractivity contribution < 1.29 is 17.9 Å². The van der Waals surface area contributed by atoms with Gasteiger partial charge in [0, 0.05) is 11.9 Å². The maximum absolute atomic E-state index is 11.8. The third-order valence-corrected chi connectivity index (χ3v) is 3.80. The number of anilines is 1. The van der Waals surface area contributed by atoms with Crippen LogP contribution in [0.4, 0.5) is 5.69 Å². The summed E-state index contributed by atoms with van der Waals surface area (Å²) in [6.45, 7) is 5.49. The van der Waals surface area contributed by atoms with Crippen molar-refractivity contribution in [1.82, 2.24) is 0 Å². The molecule has 6 heteroatoms. The predicted octanol–water partition coefficient (Wildman–Crippen LogP) is 1.69. The summed E-state index contributed by atoms with van der Waals surface area (Å²) in [6, 6.07) is 5.33. The lowest BCUT2D eigenvalue weighted by atomic mass is 10.1. The van der Waals surface area contributed by atoms with Gasteiger partial charge in [-0.1, -0.05) is 18.2 Å². The Kier molecular flexibility index (Phi) is 5.56. The number of nitrogens with one attached hydrogen (secondary N) is 1. The van der Waals surface area contributed by atoms with E-state index < -0.39 is 21.8 Å². The molecule has 0 saturated carbocycles. The Hall–Kier alpha value is -1.56. The molecule has 0 heterocycles. The van der Waals surface area contributed by atoms with E-state index in [0.717, 1.165) is 23.1 Å². The number of sulfone groups is 1. The summed E-state index contributed by atoms with van der Waals surface area (Å²) in [5, 5.41) is 3.10. The fraction of sp³-hybridized carbons (Fsp3) is 0.500. The number of esters is 1. The first kappa shape index (κ1) is 16.5. The Morgan fingerprint density at radius 3 is 2.35 bits per heavy atom. The van der Waals surface area contributed by atoms with Gasteiger partial charge in [-0.3, -0.25) is 0 Å². The van der Waals surface area contributed by atoms with Crippen LogP contribution in [-0.2, 0) is 19.4 Å². The highest BCUT2D eigenvalue weighted by Crippen LogP contribution is 2.20. The molecule has 1 unspecified atom stereocenters. The average molecular weight is 299 g/mol. The topological polar surface area (TPSA) is 72.5 Å². The number of benzene rings is 1. The maximum atomic E-state index is 11.8. The number of para-hydroxylation sites is 1. The van der Waals surface area contributed by atoms with Crippen LogP contribution in [0.1, 0.15) is 18.1 Å². The fourth-order valence-electron chi connectivity index (χ4n) is 1.74. The molecule has 0 aliphatic carbocycles. The van der Waals surface area contributed by atoms with Crippen LogP contribution in [0.25, 0.3) is 0 Å². The molecule has 112 valence electrons. The van der Waals surface area contributed by atoms with Crippen LogP contribution in [0.15, 0.2) is 18.2 Å². The third-order valence-electron chi connectivity index (χ3n) is 2.89. The summed E-state index contributed by atoms with van der Waals surface area (Å²) in [4.78, 5) is 11.8. The second-order valence-electron chi connectivity index (χ2n) is 4.93. The van der Waals surface area contributed by atoms with Gasteiger partial charge >= 0.3 is 5.97 Å². The fourth-order valence-corrected chi connectivity index (χ4v) is 2.12. The summed E-state index contributed by atoms with van der Waals surface area (Å²) >= 11 is 0. The van der Waals surface area contributed by atoms with Crippen LogP contribution in [0.5, 0.6) is 0 Å². The van der Waals surface area contributed by atoms with E-state index in [9.17, 15) is 13.2 Å². The van der Waals surface area contributed by atoms with Crippen LogP contribution >= 0.6 is 0 Å². The van der Waals surface area contributed by atoms with Crippen molar-refractivity contribution in [2.24, 2.45) is 0 Å². The quantitative estimate of drug-likeness (QED) is 0.809. The van der Waals surface area contributed by atoms with Gasteiger partial charge in [-0.25, -0.2) is 13.2 Å². The van der Waals surface area contributed by atoms with Crippen molar-refractivity contribution in [3.05, 3.63) is 29.3 Å². The zero-order chi connectivity index (χ0) is 15.3. The van der Waals surface area contributed by atoms with E-state index in [-0.39, 0.29) is 12.4 Å². The summed E-state index contributed by atoms with van der Waals surface area (Å²) in [5.74, 6) is -0.620. The molecule has 0 spiro atoms. The standard InChI is InChI=1S/C14H21NO4S/c1-10-6-5-7-11(2)13(10)15-12(3)14(16)19-8-9-20(4,17)18/h5-7,12,15H,8-9H2,1-4H3. The van der Waals surface area contributed by atoms with E-state index >= 15 is 0 Å². The predicted molar refractivity (Wildman–Crippen MR) is 79.7 cm³/mol. The minimum absolute atomic E-state index is 0.115. The van der Waals surface area contributed by atoms with Crippen molar-refractivity contribution >= 4 is 21.5 Å². The van der Waals surface area contributed by atoms with Crippen LogP contribution < -0.4 is 5.32 Å². The average Bonchev–Trinajstić information content (AvgIpc) is 2.32. The van der Waals surface area contributed by atoms with Crippen LogP contribution in [0.2, 0.25) is 0 Å². The lowest BCUT2D eigenvalue weighted by molar-refractivity contribution is -0.143. The van der Waals surface area contributed by atoms with Gasteiger partial charge in [-0.15, -0.1) is 0 Å². The van der Waals surface area contributed by atoms with Gasteiger partial charge in [0.2, 0.25) is 0 Å². The summed E-state index contributed by atoms with van der Waals surface area (Å²) in [5.41, 5.74) is 2.99. The number of hydrogen-bond donors (Lipinski definition) is 1. The summed E-state index contributed by atoms with van der Waals surface area (Å²) in [7, 11) is -3.12. The summed E-state index contributed by atoms with van der Waals surface area (Å²) < 4.78 is 26.9. The molecule has 20 heavy (non-hydrogen) atoms. The Bertz CT molecular complexity index is 561. The van der Waals surface area contributed by atoms with Crippen molar-refractivity contribution in [2.75, 3.05) is 23.9 Å². The number of rotatable bonds is 6. The number of hydrogen-bond acceptors (Lipinski definition) is 5. The first-order valence-electron chi connectivity index (χ1n) is 6.38. The molecule has 1 aromatic rings. The van der Waals surface area contributed by atoms with Crippen molar-refractivity contribution in [3.63, 3.8) is 0 Å². The number of carbonyl (C=O) groups excluding carboxylic acids is 1. The van der Waals surface area contributed by atoms with Crippen LogP contribution in [-0.4, -0.2) is 39.0 Å². The van der Waals surface area contributed by atoms with Gasteiger partial charge < -0.3 is 10.1 Å². The van der Waals surface area contributed by atoms with Crippen molar-refractivity contribution in [3.8, 4) is 0 Å². The maximum Gasteiger partial charge on any atom is 0.328 e. The first-order chi connectivity index (χ1) is 9.20. The molecule has 0 fully saturated rings. The van der Waals surface area contributed by atoms with Crippen molar-refractivity contribution in [2.45, 2.75) is 26.8 Å². The molecule has 1 atom stereocenters. The highest BCUT2D eigenvalue weighted by Gasteiger charge is 2.16.